The van der Waals surface area contributed by atoms with Gasteiger partial charge in [0, 0.05) is 0 Å². The maximum Gasteiger partial charge on any atom is 0.266 e. The van der Waals surface area contributed by atoms with E-state index < -0.39 is 5.91 Å². The number of amides is 1. The number of aryl methyl sites for hydroxylation is 2. The summed E-state index contributed by atoms with van der Waals surface area (Å²) in [4.78, 5) is 12.5. The number of benzene rings is 3. The van der Waals surface area contributed by atoms with Crippen molar-refractivity contribution in [1.82, 2.24) is 0 Å². The highest BCUT2D eigenvalue weighted by Gasteiger charge is 2.13. The van der Waals surface area contributed by atoms with E-state index in [2.05, 4.69) is 5.32 Å². The van der Waals surface area contributed by atoms with Crippen molar-refractivity contribution in [2.75, 3.05) is 5.32 Å². The van der Waals surface area contributed by atoms with Crippen molar-refractivity contribution < 1.29 is 9.53 Å². The minimum atomic E-state index is -0.506. The van der Waals surface area contributed by atoms with Crippen molar-refractivity contribution in [3.8, 4) is 11.8 Å². The fourth-order valence-corrected chi connectivity index (χ4v) is 3.07. The minimum absolute atomic E-state index is 0.0114. The third-order valence-electron chi connectivity index (χ3n) is 4.54. The van der Waals surface area contributed by atoms with Gasteiger partial charge in [0.15, 0.2) is 0 Å². The number of nitrogens with one attached hydrogen (secondary N) is 1. The largest absolute Gasteiger partial charge is 0.489 e. The molecule has 3 aromatic carbocycles. The van der Waals surface area contributed by atoms with Crippen LogP contribution in [0.1, 0.15) is 22.3 Å². The molecular weight excluding hydrogens is 396 g/mol. The molecule has 0 atom stereocenters. The summed E-state index contributed by atoms with van der Waals surface area (Å²) in [5, 5.41) is 12.6. The van der Waals surface area contributed by atoms with Gasteiger partial charge in [0.2, 0.25) is 0 Å². The number of rotatable bonds is 6. The van der Waals surface area contributed by atoms with E-state index in [1.165, 1.54) is 11.6 Å². The first-order chi connectivity index (χ1) is 14.5. The Kier molecular flexibility index (Phi) is 6.90. The van der Waals surface area contributed by atoms with Crippen molar-refractivity contribution >= 4 is 29.3 Å². The summed E-state index contributed by atoms with van der Waals surface area (Å²) in [5.41, 5.74) is 4.33. The number of carbonyl (C=O) groups is 1. The summed E-state index contributed by atoms with van der Waals surface area (Å²) >= 11 is 6.15. The lowest BCUT2D eigenvalue weighted by molar-refractivity contribution is -0.112. The van der Waals surface area contributed by atoms with Gasteiger partial charge in [0.1, 0.15) is 24.0 Å². The molecule has 0 bridgehead atoms. The van der Waals surface area contributed by atoms with Crippen LogP contribution in [0.15, 0.2) is 72.3 Å². The molecule has 0 aliphatic heterocycles. The van der Waals surface area contributed by atoms with Crippen molar-refractivity contribution in [2.45, 2.75) is 20.5 Å². The molecule has 5 heteroatoms. The third-order valence-corrected chi connectivity index (χ3v) is 4.86. The molecule has 0 spiro atoms. The molecule has 0 aliphatic carbocycles. The van der Waals surface area contributed by atoms with E-state index >= 15 is 0 Å². The van der Waals surface area contributed by atoms with Crippen LogP contribution in [0, 0.1) is 25.2 Å². The second kappa shape index (κ2) is 9.78. The maximum absolute atomic E-state index is 12.5. The van der Waals surface area contributed by atoms with Gasteiger partial charge >= 0.3 is 0 Å². The SMILES string of the molecule is Cc1ccc(COc2ccc(/C=C(\C#N)C(=O)Nc3c(C)cccc3Cl)cc2)cc1. The Morgan fingerprint density at radius 2 is 1.77 bits per heavy atom. The van der Waals surface area contributed by atoms with Gasteiger partial charge in [-0.1, -0.05) is 65.7 Å². The second-order valence-corrected chi connectivity index (χ2v) is 7.31. The monoisotopic (exact) mass is 416 g/mol. The summed E-state index contributed by atoms with van der Waals surface area (Å²) in [5.74, 6) is 0.204. The van der Waals surface area contributed by atoms with Gasteiger partial charge in [-0.2, -0.15) is 5.26 Å². The quantitative estimate of drug-likeness (QED) is 0.391. The molecule has 0 saturated heterocycles. The molecular formula is C25H21ClN2O2. The van der Waals surface area contributed by atoms with Crippen molar-refractivity contribution in [2.24, 2.45) is 0 Å². The van der Waals surface area contributed by atoms with E-state index in [4.69, 9.17) is 16.3 Å². The highest BCUT2D eigenvalue weighted by Crippen LogP contribution is 2.26. The molecule has 0 heterocycles. The van der Waals surface area contributed by atoms with Crippen LogP contribution in [-0.4, -0.2) is 5.91 Å². The summed E-state index contributed by atoms with van der Waals surface area (Å²) in [6.07, 6.45) is 1.53. The van der Waals surface area contributed by atoms with Gasteiger partial charge in [0.05, 0.1) is 10.7 Å². The van der Waals surface area contributed by atoms with E-state index in [1.54, 1.807) is 24.3 Å². The molecule has 0 unspecified atom stereocenters. The molecule has 30 heavy (non-hydrogen) atoms. The molecule has 1 amide bonds. The van der Waals surface area contributed by atoms with Crippen LogP contribution in [0.25, 0.3) is 6.08 Å². The first-order valence-electron chi connectivity index (χ1n) is 9.43. The zero-order valence-electron chi connectivity index (χ0n) is 16.8. The van der Waals surface area contributed by atoms with E-state index in [-0.39, 0.29) is 5.57 Å². The molecule has 3 rings (SSSR count). The van der Waals surface area contributed by atoms with Crippen LogP contribution in [0.2, 0.25) is 5.02 Å². The molecule has 1 N–H and O–H groups in total. The molecule has 4 nitrogen and oxygen atoms in total. The average Bonchev–Trinajstić information content (AvgIpc) is 2.75. The Bertz CT molecular complexity index is 1090. The van der Waals surface area contributed by atoms with Gasteiger partial charge in [-0.3, -0.25) is 4.79 Å². The predicted molar refractivity (Wildman–Crippen MR) is 120 cm³/mol. The first kappa shape index (κ1) is 21.2. The van der Waals surface area contributed by atoms with Gasteiger partial charge < -0.3 is 10.1 Å². The molecule has 150 valence electrons. The van der Waals surface area contributed by atoms with E-state index in [1.807, 2.05) is 62.4 Å². The minimum Gasteiger partial charge on any atom is -0.489 e. The van der Waals surface area contributed by atoms with E-state index in [0.29, 0.717) is 23.1 Å². The highest BCUT2D eigenvalue weighted by atomic mass is 35.5. The van der Waals surface area contributed by atoms with Crippen LogP contribution in [0.3, 0.4) is 0 Å². The number of hydrogen-bond acceptors (Lipinski definition) is 3. The summed E-state index contributed by atoms with van der Waals surface area (Å²) in [6.45, 7) is 4.35. The molecule has 3 aromatic rings. The van der Waals surface area contributed by atoms with Crippen molar-refractivity contribution in [3.63, 3.8) is 0 Å². The number of carbonyl (C=O) groups excluding carboxylic acids is 1. The Morgan fingerprint density at radius 3 is 2.40 bits per heavy atom. The summed E-state index contributed by atoms with van der Waals surface area (Å²) in [7, 11) is 0. The maximum atomic E-state index is 12.5. The number of anilines is 1. The van der Waals surface area contributed by atoms with Crippen LogP contribution in [0.5, 0.6) is 5.75 Å². The number of para-hydroxylation sites is 1. The standard InChI is InChI=1S/C25H21ClN2O2/c1-17-6-8-20(9-7-17)16-30-22-12-10-19(11-13-22)14-21(15-27)25(29)28-24-18(2)4-3-5-23(24)26/h3-14H,16H2,1-2H3,(H,28,29)/b21-14+. The van der Waals surface area contributed by atoms with Crippen molar-refractivity contribution in [1.29, 1.82) is 5.26 Å². The Balaban J connectivity index is 1.67. The summed E-state index contributed by atoms with van der Waals surface area (Å²) in [6, 6.07) is 22.7. The van der Waals surface area contributed by atoms with Gasteiger partial charge in [0.25, 0.3) is 5.91 Å². The van der Waals surface area contributed by atoms with Crippen LogP contribution in [0.4, 0.5) is 5.69 Å². The molecule has 0 fully saturated rings. The zero-order valence-corrected chi connectivity index (χ0v) is 17.5. The Hall–Kier alpha value is -3.55. The average molecular weight is 417 g/mol. The second-order valence-electron chi connectivity index (χ2n) is 6.90. The zero-order chi connectivity index (χ0) is 21.5. The number of halogens is 1. The molecule has 0 saturated carbocycles. The van der Waals surface area contributed by atoms with Gasteiger partial charge in [-0.15, -0.1) is 0 Å². The number of nitrogens with zero attached hydrogens (tertiary/aromatic N) is 1. The molecule has 0 aliphatic rings. The topological polar surface area (TPSA) is 62.1 Å². The molecule has 0 radical (unpaired) electrons. The van der Waals surface area contributed by atoms with E-state index in [9.17, 15) is 10.1 Å². The number of hydrogen-bond donors (Lipinski definition) is 1. The van der Waals surface area contributed by atoms with Crippen molar-refractivity contribution in [3.05, 3.63) is 99.6 Å². The highest BCUT2D eigenvalue weighted by molar-refractivity contribution is 6.34. The van der Waals surface area contributed by atoms with Crippen LogP contribution < -0.4 is 10.1 Å². The third kappa shape index (κ3) is 5.50. The van der Waals surface area contributed by atoms with Gasteiger partial charge in [-0.25, -0.2) is 0 Å². The fourth-order valence-electron chi connectivity index (χ4n) is 2.80. The lowest BCUT2D eigenvalue weighted by atomic mass is 10.1. The fraction of sp³-hybridized carbons (Fsp3) is 0.120. The first-order valence-corrected chi connectivity index (χ1v) is 9.81. The Labute approximate surface area is 181 Å². The normalized spacial score (nSPS) is 10.9. The number of nitriles is 1. The van der Waals surface area contributed by atoms with Crippen LogP contribution in [-0.2, 0) is 11.4 Å². The van der Waals surface area contributed by atoms with Gasteiger partial charge in [-0.05, 0) is 54.8 Å². The Morgan fingerprint density at radius 1 is 1.07 bits per heavy atom. The van der Waals surface area contributed by atoms with Crippen LogP contribution >= 0.6 is 11.6 Å². The lowest BCUT2D eigenvalue weighted by Crippen LogP contribution is -2.14. The number of ether oxygens (including phenoxy) is 1. The summed E-state index contributed by atoms with van der Waals surface area (Å²) < 4.78 is 5.79. The molecule has 0 aromatic heterocycles. The lowest BCUT2D eigenvalue weighted by Gasteiger charge is -2.10. The predicted octanol–water partition coefficient (Wildman–Crippen LogP) is 6.08. The van der Waals surface area contributed by atoms with E-state index in [0.717, 1.165) is 16.7 Å². The smallest absolute Gasteiger partial charge is 0.266 e.